The molecular formula is C17H22N4O4. The monoisotopic (exact) mass is 346 g/mol. The molecule has 25 heavy (non-hydrogen) atoms. The number of hydrogen-bond acceptors (Lipinski definition) is 5. The maximum absolute atomic E-state index is 12.8. The van der Waals surface area contributed by atoms with Crippen LogP contribution in [-0.2, 0) is 6.54 Å². The van der Waals surface area contributed by atoms with Gasteiger partial charge in [-0.1, -0.05) is 6.58 Å². The summed E-state index contributed by atoms with van der Waals surface area (Å²) >= 11 is 0. The van der Waals surface area contributed by atoms with Gasteiger partial charge in [-0.05, 0) is 13.0 Å². The summed E-state index contributed by atoms with van der Waals surface area (Å²) in [4.78, 5) is 29.0. The van der Waals surface area contributed by atoms with E-state index in [0.717, 1.165) is 24.4 Å². The number of nitro groups is 1. The van der Waals surface area contributed by atoms with Gasteiger partial charge in [-0.15, -0.1) is 0 Å². The summed E-state index contributed by atoms with van der Waals surface area (Å²) in [5.41, 5.74) is 1.80. The molecule has 1 aromatic carbocycles. The number of carbonyl (C=O) groups excluding carboxylic acids is 1. The summed E-state index contributed by atoms with van der Waals surface area (Å²) in [7, 11) is 0. The molecule has 2 amide bonds. The van der Waals surface area contributed by atoms with E-state index in [4.69, 9.17) is 4.74 Å². The molecule has 0 unspecified atom stereocenters. The lowest BCUT2D eigenvalue weighted by Crippen LogP contribution is -2.52. The second-order valence-corrected chi connectivity index (χ2v) is 6.31. The topological polar surface area (TPSA) is 79.2 Å². The van der Waals surface area contributed by atoms with E-state index in [1.807, 2.05) is 11.8 Å². The van der Waals surface area contributed by atoms with Crippen LogP contribution in [-0.4, -0.2) is 65.0 Å². The van der Waals surface area contributed by atoms with E-state index in [1.165, 1.54) is 12.1 Å². The molecule has 8 nitrogen and oxygen atoms in total. The molecule has 0 atom stereocenters. The minimum absolute atomic E-state index is 0.00515. The van der Waals surface area contributed by atoms with E-state index < -0.39 is 4.92 Å². The number of ether oxygens (including phenoxy) is 1. The number of hydrogen-bond donors (Lipinski definition) is 0. The number of nitro benzene ring substituents is 1. The van der Waals surface area contributed by atoms with Crippen LogP contribution >= 0.6 is 0 Å². The minimum Gasteiger partial charge on any atom is -0.491 e. The average molecular weight is 346 g/mol. The number of rotatable bonds is 2. The van der Waals surface area contributed by atoms with Gasteiger partial charge in [0.05, 0.1) is 24.1 Å². The van der Waals surface area contributed by atoms with E-state index in [9.17, 15) is 14.9 Å². The molecule has 0 N–H and O–H groups in total. The number of carbonyl (C=O) groups is 1. The Hall–Kier alpha value is -2.77. The molecule has 0 saturated carbocycles. The molecule has 134 valence electrons. The van der Waals surface area contributed by atoms with Crippen LogP contribution < -0.4 is 4.74 Å². The summed E-state index contributed by atoms with van der Waals surface area (Å²) in [6.07, 6.45) is 0. The third kappa shape index (κ3) is 3.67. The molecule has 1 saturated heterocycles. The molecule has 2 aliphatic heterocycles. The van der Waals surface area contributed by atoms with Gasteiger partial charge in [-0.25, -0.2) is 4.79 Å². The number of non-ortho nitro benzene ring substituents is 1. The fourth-order valence-corrected chi connectivity index (χ4v) is 3.11. The zero-order valence-corrected chi connectivity index (χ0v) is 14.3. The normalized spacial score (nSPS) is 17.4. The Kier molecular flexibility index (Phi) is 4.78. The fourth-order valence-electron chi connectivity index (χ4n) is 3.11. The number of benzene rings is 1. The largest absolute Gasteiger partial charge is 0.491 e. The van der Waals surface area contributed by atoms with E-state index in [2.05, 4.69) is 11.5 Å². The van der Waals surface area contributed by atoms with Crippen molar-refractivity contribution in [3.8, 4) is 5.75 Å². The Bertz CT molecular complexity index is 698. The highest BCUT2D eigenvalue weighted by Crippen LogP contribution is 2.28. The predicted octanol–water partition coefficient (Wildman–Crippen LogP) is 2.06. The molecule has 0 aromatic heterocycles. The van der Waals surface area contributed by atoms with Gasteiger partial charge in [0.2, 0.25) is 0 Å². The molecule has 0 aliphatic carbocycles. The van der Waals surface area contributed by atoms with E-state index in [0.29, 0.717) is 38.5 Å². The SMILES string of the molecule is C=C(C)N1CCN(C(=O)N2CCOc3cc([N+](=O)[O-])ccc3C2)CC1. The maximum Gasteiger partial charge on any atom is 0.320 e. The average Bonchev–Trinajstić information content (AvgIpc) is 2.82. The molecule has 1 aromatic rings. The lowest BCUT2D eigenvalue weighted by atomic mass is 10.1. The van der Waals surface area contributed by atoms with Gasteiger partial charge in [-0.2, -0.15) is 0 Å². The van der Waals surface area contributed by atoms with Gasteiger partial charge in [-0.3, -0.25) is 10.1 Å². The number of allylic oxidation sites excluding steroid dienone is 1. The maximum atomic E-state index is 12.8. The highest BCUT2D eigenvalue weighted by molar-refractivity contribution is 5.75. The van der Waals surface area contributed by atoms with E-state index >= 15 is 0 Å². The van der Waals surface area contributed by atoms with Gasteiger partial charge in [0.1, 0.15) is 12.4 Å². The lowest BCUT2D eigenvalue weighted by molar-refractivity contribution is -0.384. The van der Waals surface area contributed by atoms with Crippen molar-refractivity contribution >= 4 is 11.7 Å². The third-order valence-corrected chi connectivity index (χ3v) is 4.60. The van der Waals surface area contributed by atoms with Gasteiger partial charge >= 0.3 is 6.03 Å². The first-order chi connectivity index (χ1) is 12.0. The Morgan fingerprint density at radius 3 is 2.48 bits per heavy atom. The van der Waals surface area contributed by atoms with Gasteiger partial charge in [0, 0.05) is 43.5 Å². The minimum atomic E-state index is -0.446. The Balaban J connectivity index is 1.68. The quantitative estimate of drug-likeness (QED) is 0.605. The summed E-state index contributed by atoms with van der Waals surface area (Å²) in [6, 6.07) is 4.52. The van der Waals surface area contributed by atoms with Gasteiger partial charge < -0.3 is 19.4 Å². The summed E-state index contributed by atoms with van der Waals surface area (Å²) in [6.45, 7) is 9.99. The second kappa shape index (κ2) is 7.00. The zero-order valence-electron chi connectivity index (χ0n) is 14.3. The summed E-state index contributed by atoms with van der Waals surface area (Å²) < 4.78 is 5.62. The van der Waals surface area contributed by atoms with Crippen molar-refractivity contribution < 1.29 is 14.5 Å². The van der Waals surface area contributed by atoms with Crippen LogP contribution in [0.5, 0.6) is 5.75 Å². The molecular weight excluding hydrogens is 324 g/mol. The first-order valence-electron chi connectivity index (χ1n) is 8.30. The smallest absolute Gasteiger partial charge is 0.320 e. The molecule has 2 aliphatic rings. The van der Waals surface area contributed by atoms with Crippen LogP contribution in [0.2, 0.25) is 0 Å². The number of fused-ring (bicyclic) bond motifs is 1. The van der Waals surface area contributed by atoms with Crippen molar-refractivity contribution in [1.29, 1.82) is 0 Å². The third-order valence-electron chi connectivity index (χ3n) is 4.60. The van der Waals surface area contributed by atoms with Gasteiger partial charge in [0.25, 0.3) is 5.69 Å². The number of urea groups is 1. The summed E-state index contributed by atoms with van der Waals surface area (Å²) in [5, 5.41) is 10.9. The second-order valence-electron chi connectivity index (χ2n) is 6.31. The predicted molar refractivity (Wildman–Crippen MR) is 92.4 cm³/mol. The van der Waals surface area contributed by atoms with Crippen LogP contribution in [0, 0.1) is 10.1 Å². The van der Waals surface area contributed by atoms with E-state index in [1.54, 1.807) is 11.0 Å². The number of piperazine rings is 1. The Labute approximate surface area is 146 Å². The first kappa shape index (κ1) is 17.1. The molecule has 2 heterocycles. The molecule has 3 rings (SSSR count). The van der Waals surface area contributed by atoms with Crippen LogP contribution in [0.4, 0.5) is 10.5 Å². The first-order valence-corrected chi connectivity index (χ1v) is 8.30. The van der Waals surface area contributed by atoms with E-state index in [-0.39, 0.29) is 11.7 Å². The number of nitrogens with zero attached hydrogens (tertiary/aromatic N) is 4. The van der Waals surface area contributed by atoms with Crippen molar-refractivity contribution in [3.05, 3.63) is 46.2 Å². The lowest BCUT2D eigenvalue weighted by Gasteiger charge is -2.38. The van der Waals surface area contributed by atoms with Gasteiger partial charge in [0.15, 0.2) is 0 Å². The standard InChI is InChI=1S/C17H22N4O4/c1-13(2)18-5-7-19(8-6-18)17(22)20-9-10-25-16-11-15(21(23)24)4-3-14(16)12-20/h3-4,11H,1,5-10,12H2,2H3. The van der Waals surface area contributed by atoms with Crippen molar-refractivity contribution in [2.45, 2.75) is 13.5 Å². The molecule has 8 heteroatoms. The van der Waals surface area contributed by atoms with Crippen LogP contribution in [0.3, 0.4) is 0 Å². The van der Waals surface area contributed by atoms with Crippen molar-refractivity contribution in [2.75, 3.05) is 39.3 Å². The molecule has 0 bridgehead atoms. The van der Waals surface area contributed by atoms with Crippen LogP contribution in [0.15, 0.2) is 30.5 Å². The molecule has 0 spiro atoms. The van der Waals surface area contributed by atoms with Crippen molar-refractivity contribution in [2.24, 2.45) is 0 Å². The van der Waals surface area contributed by atoms with Crippen molar-refractivity contribution in [3.63, 3.8) is 0 Å². The molecule has 1 fully saturated rings. The number of amides is 2. The highest BCUT2D eigenvalue weighted by Gasteiger charge is 2.27. The highest BCUT2D eigenvalue weighted by atomic mass is 16.6. The van der Waals surface area contributed by atoms with Crippen LogP contribution in [0.25, 0.3) is 0 Å². The Morgan fingerprint density at radius 1 is 1.16 bits per heavy atom. The molecule has 0 radical (unpaired) electrons. The Morgan fingerprint density at radius 2 is 1.84 bits per heavy atom. The fraction of sp³-hybridized carbons (Fsp3) is 0.471. The zero-order chi connectivity index (χ0) is 18.0. The summed E-state index contributed by atoms with van der Waals surface area (Å²) in [5.74, 6) is 0.483. The van der Waals surface area contributed by atoms with Crippen molar-refractivity contribution in [1.82, 2.24) is 14.7 Å². The van der Waals surface area contributed by atoms with Crippen LogP contribution in [0.1, 0.15) is 12.5 Å².